The summed E-state index contributed by atoms with van der Waals surface area (Å²) in [5, 5.41) is -0.577. The Morgan fingerprint density at radius 2 is 1.93 bits per heavy atom. The Kier molecular flexibility index (Phi) is 3.47. The lowest BCUT2D eigenvalue weighted by molar-refractivity contribution is 0.141. The molecule has 0 spiro atoms. The summed E-state index contributed by atoms with van der Waals surface area (Å²) in [5.74, 6) is -1.46. The van der Waals surface area contributed by atoms with Crippen molar-refractivity contribution < 1.29 is 21.6 Å². The molecule has 0 aromatic carbocycles. The summed E-state index contributed by atoms with van der Waals surface area (Å²) in [5.41, 5.74) is -1.30. The third-order valence-electron chi connectivity index (χ3n) is 1.37. The molecule has 0 N–H and O–H groups in total. The molecule has 9 heteroatoms. The molecule has 0 aliphatic carbocycles. The van der Waals surface area contributed by atoms with Crippen LogP contribution < -0.4 is 0 Å². The van der Waals surface area contributed by atoms with Gasteiger partial charge >= 0.3 is 0 Å². The first-order valence-corrected chi connectivity index (χ1v) is 6.01. The number of aromatic nitrogens is 1. The number of hydrogen-bond donors (Lipinski definition) is 0. The molecule has 3 nitrogen and oxygen atoms in total. The second-order valence-corrected chi connectivity index (χ2v) is 5.27. The summed E-state index contributed by atoms with van der Waals surface area (Å²) in [4.78, 5) is 1.67. The Morgan fingerprint density at radius 1 is 1.40 bits per heavy atom. The maximum absolute atomic E-state index is 13.0. The van der Waals surface area contributed by atoms with Gasteiger partial charge in [-0.15, -0.1) is 0 Å². The van der Waals surface area contributed by atoms with Crippen LogP contribution in [0.1, 0.15) is 12.1 Å². The largest absolute Gasteiger partial charge is 0.281 e. The van der Waals surface area contributed by atoms with E-state index < -0.39 is 37.0 Å². The van der Waals surface area contributed by atoms with E-state index >= 15 is 0 Å². The van der Waals surface area contributed by atoms with E-state index in [0.29, 0.717) is 6.07 Å². The van der Waals surface area contributed by atoms with Gasteiger partial charge in [-0.1, -0.05) is 11.6 Å². The molecule has 15 heavy (non-hydrogen) atoms. The fourth-order valence-electron chi connectivity index (χ4n) is 0.880. The maximum atomic E-state index is 13.0. The molecule has 0 amide bonds. The molecule has 0 saturated carbocycles. The van der Waals surface area contributed by atoms with Gasteiger partial charge in [0.1, 0.15) is 21.6 Å². The van der Waals surface area contributed by atoms with Crippen molar-refractivity contribution in [3.8, 4) is 0 Å². The highest BCUT2D eigenvalue weighted by Crippen LogP contribution is 2.30. The van der Waals surface area contributed by atoms with Crippen LogP contribution in [0.15, 0.2) is 11.0 Å². The van der Waals surface area contributed by atoms with Gasteiger partial charge in [0.15, 0.2) is 0 Å². The summed E-state index contributed by atoms with van der Waals surface area (Å²) in [6, 6.07) is 0.489. The van der Waals surface area contributed by atoms with Gasteiger partial charge in [0.2, 0.25) is 0 Å². The molecule has 1 heterocycles. The fourth-order valence-corrected chi connectivity index (χ4v) is 2.20. The topological polar surface area (TPSA) is 47.0 Å². The maximum Gasteiger partial charge on any atom is 0.281 e. The van der Waals surface area contributed by atoms with Crippen LogP contribution in [-0.2, 0) is 9.05 Å². The summed E-state index contributed by atoms with van der Waals surface area (Å²) in [6.07, 6.45) is -3.29. The van der Waals surface area contributed by atoms with E-state index in [1.165, 1.54) is 0 Å². The quantitative estimate of drug-likeness (QED) is 0.618. The van der Waals surface area contributed by atoms with Gasteiger partial charge in [-0.25, -0.2) is 26.6 Å². The first-order chi connectivity index (χ1) is 6.73. The SMILES string of the molecule is O=S(=O)(Cl)c1c(F)cc(Cl)nc1C(F)F. The van der Waals surface area contributed by atoms with E-state index in [1.54, 1.807) is 0 Å². The van der Waals surface area contributed by atoms with Gasteiger partial charge in [-0.3, -0.25) is 0 Å². The molecule has 1 aromatic heterocycles. The van der Waals surface area contributed by atoms with Crippen LogP contribution >= 0.6 is 22.3 Å². The summed E-state index contributed by atoms with van der Waals surface area (Å²) in [7, 11) is 0.151. The van der Waals surface area contributed by atoms with Crippen molar-refractivity contribution in [3.63, 3.8) is 0 Å². The lowest BCUT2D eigenvalue weighted by Crippen LogP contribution is -2.05. The van der Waals surface area contributed by atoms with Crippen molar-refractivity contribution in [1.82, 2.24) is 4.98 Å². The number of rotatable bonds is 2. The van der Waals surface area contributed by atoms with Gasteiger partial charge < -0.3 is 0 Å². The third kappa shape index (κ3) is 2.73. The first-order valence-electron chi connectivity index (χ1n) is 3.32. The minimum absolute atomic E-state index is 0.489. The monoisotopic (exact) mass is 279 g/mol. The van der Waals surface area contributed by atoms with Crippen LogP contribution in [0.3, 0.4) is 0 Å². The molecule has 0 saturated heterocycles. The second kappa shape index (κ2) is 4.15. The molecular formula is C6H2Cl2F3NO2S. The molecule has 0 atom stereocenters. The van der Waals surface area contributed by atoms with Crippen molar-refractivity contribution in [3.05, 3.63) is 22.7 Å². The lowest BCUT2D eigenvalue weighted by atomic mass is 10.3. The highest BCUT2D eigenvalue weighted by molar-refractivity contribution is 8.13. The number of hydrogen-bond acceptors (Lipinski definition) is 3. The fraction of sp³-hybridized carbons (Fsp3) is 0.167. The minimum Gasteiger partial charge on any atom is -0.233 e. The van der Waals surface area contributed by atoms with Crippen LogP contribution in [-0.4, -0.2) is 13.4 Å². The summed E-state index contributed by atoms with van der Waals surface area (Å²) in [6.45, 7) is 0. The zero-order valence-corrected chi connectivity index (χ0v) is 9.04. The third-order valence-corrected chi connectivity index (χ3v) is 2.92. The first kappa shape index (κ1) is 12.5. The van der Waals surface area contributed by atoms with Gasteiger partial charge in [0.25, 0.3) is 15.5 Å². The van der Waals surface area contributed by atoms with E-state index in [4.69, 9.17) is 22.3 Å². The van der Waals surface area contributed by atoms with Crippen LogP contribution in [0.5, 0.6) is 0 Å². The zero-order valence-electron chi connectivity index (χ0n) is 6.72. The van der Waals surface area contributed by atoms with Crippen molar-refractivity contribution in [2.75, 3.05) is 0 Å². The predicted molar refractivity (Wildman–Crippen MR) is 47.2 cm³/mol. The van der Waals surface area contributed by atoms with E-state index in [0.717, 1.165) is 0 Å². The number of alkyl halides is 2. The van der Waals surface area contributed by atoms with Gasteiger partial charge in [-0.2, -0.15) is 0 Å². The number of pyridine rings is 1. The molecular weight excluding hydrogens is 278 g/mol. The van der Waals surface area contributed by atoms with Crippen molar-refractivity contribution in [2.24, 2.45) is 0 Å². The molecule has 0 unspecified atom stereocenters. The number of halogens is 5. The van der Waals surface area contributed by atoms with Crippen molar-refractivity contribution in [1.29, 1.82) is 0 Å². The Balaban J connectivity index is 3.62. The van der Waals surface area contributed by atoms with Crippen LogP contribution in [0, 0.1) is 5.82 Å². The standard InChI is InChI=1S/C6H2Cl2F3NO2S/c7-3-1-2(9)5(15(8,13)14)4(12-3)6(10)11/h1,6H. The molecule has 84 valence electrons. The average molecular weight is 280 g/mol. The van der Waals surface area contributed by atoms with Crippen molar-refractivity contribution >= 4 is 31.3 Å². The highest BCUT2D eigenvalue weighted by Gasteiger charge is 2.28. The lowest BCUT2D eigenvalue weighted by Gasteiger charge is -2.06. The van der Waals surface area contributed by atoms with Crippen molar-refractivity contribution in [2.45, 2.75) is 11.3 Å². The number of nitrogens with zero attached hydrogens (tertiary/aromatic N) is 1. The second-order valence-electron chi connectivity index (χ2n) is 2.38. The molecule has 0 aliphatic rings. The summed E-state index contributed by atoms with van der Waals surface area (Å²) >= 11 is 5.19. The Hall–Kier alpha value is -0.530. The molecule has 0 bridgehead atoms. The van der Waals surface area contributed by atoms with E-state index in [1.807, 2.05) is 0 Å². The normalized spacial score (nSPS) is 12.1. The van der Waals surface area contributed by atoms with Gasteiger partial charge in [0.05, 0.1) is 0 Å². The Labute approximate surface area is 92.2 Å². The Morgan fingerprint density at radius 3 is 2.33 bits per heavy atom. The van der Waals surface area contributed by atoms with Gasteiger partial charge in [0, 0.05) is 16.7 Å². The smallest absolute Gasteiger partial charge is 0.233 e. The van der Waals surface area contributed by atoms with Gasteiger partial charge in [-0.05, 0) is 0 Å². The van der Waals surface area contributed by atoms with E-state index in [-0.39, 0.29) is 0 Å². The molecule has 1 rings (SSSR count). The molecule has 0 fully saturated rings. The highest BCUT2D eigenvalue weighted by atomic mass is 35.7. The van der Waals surface area contributed by atoms with E-state index in [9.17, 15) is 21.6 Å². The summed E-state index contributed by atoms with van der Waals surface area (Å²) < 4.78 is 59.3. The van der Waals surface area contributed by atoms with Crippen LogP contribution in [0.4, 0.5) is 13.2 Å². The average Bonchev–Trinajstić information content (AvgIpc) is 1.99. The Bertz CT molecular complexity index is 491. The predicted octanol–water partition coefficient (Wildman–Crippen LogP) is 2.74. The molecule has 1 aromatic rings. The molecule has 0 radical (unpaired) electrons. The molecule has 0 aliphatic heterocycles. The zero-order chi connectivity index (χ0) is 11.8. The van der Waals surface area contributed by atoms with Crippen LogP contribution in [0.25, 0.3) is 0 Å². The minimum atomic E-state index is -4.63. The van der Waals surface area contributed by atoms with Crippen LogP contribution in [0.2, 0.25) is 5.15 Å². The van der Waals surface area contributed by atoms with E-state index in [2.05, 4.69) is 4.98 Å².